The van der Waals surface area contributed by atoms with Gasteiger partial charge in [-0.2, -0.15) is 0 Å². The largest absolute Gasteiger partial charge is 0.256 e. The Kier molecular flexibility index (Phi) is 6.75. The van der Waals surface area contributed by atoms with Crippen molar-refractivity contribution in [3.05, 3.63) is 58.7 Å². The first kappa shape index (κ1) is 20.4. The van der Waals surface area contributed by atoms with Crippen LogP contribution in [0, 0.1) is 11.7 Å². The standard InChI is InChI=1S/C24H32FN/c1-8-20-22(18-10-12-19(25)13-11-18)21(14-9-15(2)3)24(17(6)7)26-23(20)16(4)5/h9-17H,8H2,1-7H3/b14-9+. The molecule has 0 atom stereocenters. The van der Waals surface area contributed by atoms with Crippen LogP contribution in [0.15, 0.2) is 30.3 Å². The Morgan fingerprint density at radius 1 is 0.923 bits per heavy atom. The van der Waals surface area contributed by atoms with E-state index < -0.39 is 0 Å². The topological polar surface area (TPSA) is 12.9 Å². The number of allylic oxidation sites excluding steroid dienone is 1. The van der Waals surface area contributed by atoms with Gasteiger partial charge < -0.3 is 0 Å². The molecule has 0 N–H and O–H groups in total. The van der Waals surface area contributed by atoms with Crippen molar-refractivity contribution in [1.82, 2.24) is 4.98 Å². The molecule has 2 rings (SSSR count). The number of pyridine rings is 1. The first-order chi connectivity index (χ1) is 12.3. The van der Waals surface area contributed by atoms with Gasteiger partial charge in [-0.3, -0.25) is 4.98 Å². The van der Waals surface area contributed by atoms with Crippen LogP contribution in [0.25, 0.3) is 17.2 Å². The van der Waals surface area contributed by atoms with Crippen molar-refractivity contribution in [2.75, 3.05) is 0 Å². The molecule has 0 radical (unpaired) electrons. The molecule has 0 saturated carbocycles. The molecule has 2 heteroatoms. The van der Waals surface area contributed by atoms with Crippen molar-refractivity contribution >= 4 is 6.08 Å². The summed E-state index contributed by atoms with van der Waals surface area (Å²) in [5.74, 6) is 0.938. The van der Waals surface area contributed by atoms with E-state index in [0.29, 0.717) is 17.8 Å². The van der Waals surface area contributed by atoms with Gasteiger partial charge in [0.1, 0.15) is 5.82 Å². The highest BCUT2D eigenvalue weighted by molar-refractivity contribution is 5.80. The number of benzene rings is 1. The normalized spacial score (nSPS) is 12.1. The molecule has 0 amide bonds. The monoisotopic (exact) mass is 353 g/mol. The highest BCUT2D eigenvalue weighted by Gasteiger charge is 2.21. The van der Waals surface area contributed by atoms with Gasteiger partial charge in [0, 0.05) is 11.3 Å². The van der Waals surface area contributed by atoms with E-state index in [1.54, 1.807) is 12.1 Å². The lowest BCUT2D eigenvalue weighted by Crippen LogP contribution is -2.10. The predicted octanol–water partition coefficient (Wildman–Crippen LogP) is 7.37. The third-order valence-corrected chi connectivity index (χ3v) is 4.63. The second-order valence-corrected chi connectivity index (χ2v) is 7.92. The number of nitrogens with zero attached hydrogens (tertiary/aromatic N) is 1. The summed E-state index contributed by atoms with van der Waals surface area (Å²) in [5, 5.41) is 0. The lowest BCUT2D eigenvalue weighted by Gasteiger charge is -2.23. The van der Waals surface area contributed by atoms with Gasteiger partial charge in [0.15, 0.2) is 0 Å². The van der Waals surface area contributed by atoms with E-state index in [4.69, 9.17) is 4.98 Å². The average molecular weight is 354 g/mol. The molecule has 0 aliphatic carbocycles. The molecule has 0 aliphatic rings. The Balaban J connectivity index is 2.91. The molecule has 0 spiro atoms. The highest BCUT2D eigenvalue weighted by atomic mass is 19.1. The summed E-state index contributed by atoms with van der Waals surface area (Å²) in [7, 11) is 0. The van der Waals surface area contributed by atoms with Crippen molar-refractivity contribution in [1.29, 1.82) is 0 Å². The molecule has 1 nitrogen and oxygen atoms in total. The Hall–Kier alpha value is -1.96. The first-order valence-corrected chi connectivity index (χ1v) is 9.77. The second-order valence-electron chi connectivity index (χ2n) is 7.92. The number of hydrogen-bond acceptors (Lipinski definition) is 1. The van der Waals surface area contributed by atoms with Gasteiger partial charge >= 0.3 is 0 Å². The minimum Gasteiger partial charge on any atom is -0.256 e. The Bertz CT molecular complexity index is 768. The molecule has 1 heterocycles. The summed E-state index contributed by atoms with van der Waals surface area (Å²) >= 11 is 0. The van der Waals surface area contributed by atoms with Crippen LogP contribution < -0.4 is 0 Å². The van der Waals surface area contributed by atoms with Crippen molar-refractivity contribution in [2.24, 2.45) is 5.92 Å². The third kappa shape index (κ3) is 4.41. The quantitative estimate of drug-likeness (QED) is 0.528. The van der Waals surface area contributed by atoms with Crippen LogP contribution in [0.5, 0.6) is 0 Å². The summed E-state index contributed by atoms with van der Waals surface area (Å²) in [5.41, 5.74) is 7.03. The smallest absolute Gasteiger partial charge is 0.123 e. The Morgan fingerprint density at radius 2 is 1.50 bits per heavy atom. The van der Waals surface area contributed by atoms with E-state index in [1.807, 2.05) is 12.1 Å². The van der Waals surface area contributed by atoms with Gasteiger partial charge in [0.25, 0.3) is 0 Å². The number of rotatable bonds is 6. The van der Waals surface area contributed by atoms with Crippen molar-refractivity contribution in [3.63, 3.8) is 0 Å². The van der Waals surface area contributed by atoms with Crippen LogP contribution in [-0.4, -0.2) is 4.98 Å². The van der Waals surface area contributed by atoms with Gasteiger partial charge in [-0.1, -0.05) is 72.8 Å². The van der Waals surface area contributed by atoms with E-state index in [2.05, 4.69) is 60.6 Å². The molecule has 0 aliphatic heterocycles. The maximum absolute atomic E-state index is 13.5. The van der Waals surface area contributed by atoms with Crippen molar-refractivity contribution < 1.29 is 4.39 Å². The second kappa shape index (κ2) is 8.62. The Labute approximate surface area is 158 Å². The molecule has 2 aromatic rings. The van der Waals surface area contributed by atoms with Crippen molar-refractivity contribution in [3.8, 4) is 11.1 Å². The van der Waals surface area contributed by atoms with E-state index >= 15 is 0 Å². The van der Waals surface area contributed by atoms with Gasteiger partial charge in [0.2, 0.25) is 0 Å². The molecule has 1 aromatic heterocycles. The van der Waals surface area contributed by atoms with Gasteiger partial charge in [-0.15, -0.1) is 0 Å². The Morgan fingerprint density at radius 3 is 1.96 bits per heavy atom. The van der Waals surface area contributed by atoms with E-state index in [-0.39, 0.29) is 5.82 Å². The molecule has 1 aromatic carbocycles. The van der Waals surface area contributed by atoms with Crippen molar-refractivity contribution in [2.45, 2.75) is 66.7 Å². The predicted molar refractivity (Wildman–Crippen MR) is 111 cm³/mol. The van der Waals surface area contributed by atoms with Crippen LogP contribution in [0.4, 0.5) is 4.39 Å². The van der Waals surface area contributed by atoms with Crippen LogP contribution in [0.1, 0.15) is 82.8 Å². The fraction of sp³-hybridized carbons (Fsp3) is 0.458. The lowest BCUT2D eigenvalue weighted by atomic mass is 9.86. The fourth-order valence-corrected chi connectivity index (χ4v) is 3.36. The first-order valence-electron chi connectivity index (χ1n) is 9.77. The molecular weight excluding hydrogens is 321 g/mol. The van der Waals surface area contributed by atoms with Crippen LogP contribution >= 0.6 is 0 Å². The van der Waals surface area contributed by atoms with Crippen LogP contribution in [-0.2, 0) is 6.42 Å². The number of hydrogen-bond donors (Lipinski definition) is 0. The zero-order chi connectivity index (χ0) is 19.4. The summed E-state index contributed by atoms with van der Waals surface area (Å²) in [6.07, 6.45) is 5.35. The fourth-order valence-electron chi connectivity index (χ4n) is 3.36. The zero-order valence-corrected chi connectivity index (χ0v) is 17.2. The summed E-state index contributed by atoms with van der Waals surface area (Å²) in [6.45, 7) is 15.3. The van der Waals surface area contributed by atoms with E-state index in [0.717, 1.165) is 23.4 Å². The van der Waals surface area contributed by atoms with E-state index in [9.17, 15) is 4.39 Å². The highest BCUT2D eigenvalue weighted by Crippen LogP contribution is 2.37. The maximum atomic E-state index is 13.5. The third-order valence-electron chi connectivity index (χ3n) is 4.63. The van der Waals surface area contributed by atoms with Gasteiger partial charge in [-0.25, -0.2) is 4.39 Å². The van der Waals surface area contributed by atoms with Gasteiger partial charge in [-0.05, 0) is 53.0 Å². The summed E-state index contributed by atoms with van der Waals surface area (Å²) in [4.78, 5) is 5.10. The molecule has 0 saturated heterocycles. The van der Waals surface area contributed by atoms with Crippen LogP contribution in [0.3, 0.4) is 0 Å². The average Bonchev–Trinajstić information content (AvgIpc) is 2.58. The lowest BCUT2D eigenvalue weighted by molar-refractivity contribution is 0.628. The minimum absolute atomic E-state index is 0.201. The molecule has 0 fully saturated rings. The molecule has 0 unspecified atom stereocenters. The molecule has 0 bridgehead atoms. The van der Waals surface area contributed by atoms with E-state index in [1.165, 1.54) is 16.7 Å². The number of aromatic nitrogens is 1. The maximum Gasteiger partial charge on any atom is 0.123 e. The minimum atomic E-state index is -0.201. The molecular formula is C24H32FN. The van der Waals surface area contributed by atoms with Crippen LogP contribution in [0.2, 0.25) is 0 Å². The van der Waals surface area contributed by atoms with Gasteiger partial charge in [0.05, 0.1) is 5.69 Å². The molecule has 140 valence electrons. The summed E-state index contributed by atoms with van der Waals surface area (Å²) in [6, 6.07) is 6.89. The number of halogens is 1. The summed E-state index contributed by atoms with van der Waals surface area (Å²) < 4.78 is 13.5. The molecule has 26 heavy (non-hydrogen) atoms. The SMILES string of the molecule is CCc1c(C(C)C)nc(C(C)C)c(/C=C/C(C)C)c1-c1ccc(F)cc1. The zero-order valence-electron chi connectivity index (χ0n) is 17.2.